The highest BCUT2D eigenvalue weighted by atomic mass is 19.1. The SMILES string of the molecule is COc1ccc(Cn2cnc(CC(=O)O)c2)cc1F. The summed E-state index contributed by atoms with van der Waals surface area (Å²) in [6.07, 6.45) is 3.04. The number of aliphatic carboxylic acids is 1. The Bertz CT molecular complexity index is 595. The number of carboxylic acid groups (broad SMARTS) is 1. The second kappa shape index (κ2) is 5.51. The molecule has 19 heavy (non-hydrogen) atoms. The second-order valence-electron chi connectivity index (χ2n) is 4.08. The lowest BCUT2D eigenvalue weighted by molar-refractivity contribution is -0.136. The van der Waals surface area contributed by atoms with Crippen molar-refractivity contribution in [2.75, 3.05) is 7.11 Å². The molecule has 2 aromatic rings. The molecule has 0 unspecified atom stereocenters. The molecular weight excluding hydrogens is 251 g/mol. The van der Waals surface area contributed by atoms with Crippen LogP contribution < -0.4 is 4.74 Å². The van der Waals surface area contributed by atoms with E-state index < -0.39 is 11.8 Å². The second-order valence-corrected chi connectivity index (χ2v) is 4.08. The highest BCUT2D eigenvalue weighted by Crippen LogP contribution is 2.18. The number of halogens is 1. The van der Waals surface area contributed by atoms with Crippen molar-refractivity contribution < 1.29 is 19.0 Å². The molecule has 0 bridgehead atoms. The highest BCUT2D eigenvalue weighted by Gasteiger charge is 2.06. The van der Waals surface area contributed by atoms with Crippen molar-refractivity contribution in [1.29, 1.82) is 0 Å². The van der Waals surface area contributed by atoms with E-state index in [2.05, 4.69) is 4.98 Å². The van der Waals surface area contributed by atoms with Crippen LogP contribution in [0.25, 0.3) is 0 Å². The maximum absolute atomic E-state index is 13.5. The minimum atomic E-state index is -0.930. The van der Waals surface area contributed by atoms with E-state index in [0.29, 0.717) is 12.2 Å². The van der Waals surface area contributed by atoms with Crippen molar-refractivity contribution in [1.82, 2.24) is 9.55 Å². The number of ether oxygens (including phenoxy) is 1. The Hall–Kier alpha value is -2.37. The number of nitrogens with zero attached hydrogens (tertiary/aromatic N) is 2. The van der Waals surface area contributed by atoms with Gasteiger partial charge in [-0.15, -0.1) is 0 Å². The third-order valence-electron chi connectivity index (χ3n) is 2.60. The van der Waals surface area contributed by atoms with Gasteiger partial charge in [-0.2, -0.15) is 0 Å². The van der Waals surface area contributed by atoms with Gasteiger partial charge in [0, 0.05) is 12.7 Å². The van der Waals surface area contributed by atoms with Crippen LogP contribution in [-0.2, 0) is 17.8 Å². The van der Waals surface area contributed by atoms with Crippen LogP contribution in [0.3, 0.4) is 0 Å². The maximum atomic E-state index is 13.5. The van der Waals surface area contributed by atoms with Crippen LogP contribution in [-0.4, -0.2) is 27.7 Å². The molecule has 0 fully saturated rings. The van der Waals surface area contributed by atoms with Crippen LogP contribution in [0, 0.1) is 5.82 Å². The summed E-state index contributed by atoms with van der Waals surface area (Å²) >= 11 is 0. The van der Waals surface area contributed by atoms with E-state index >= 15 is 0 Å². The molecule has 1 heterocycles. The molecule has 6 heteroatoms. The summed E-state index contributed by atoms with van der Waals surface area (Å²) in [6.45, 7) is 0.424. The zero-order chi connectivity index (χ0) is 13.8. The van der Waals surface area contributed by atoms with Gasteiger partial charge in [-0.1, -0.05) is 6.07 Å². The molecule has 0 aliphatic rings. The summed E-state index contributed by atoms with van der Waals surface area (Å²) in [5.74, 6) is -1.16. The van der Waals surface area contributed by atoms with Crippen molar-refractivity contribution in [2.45, 2.75) is 13.0 Å². The Morgan fingerprint density at radius 2 is 2.32 bits per heavy atom. The van der Waals surface area contributed by atoms with Crippen LogP contribution in [0.1, 0.15) is 11.3 Å². The smallest absolute Gasteiger partial charge is 0.309 e. The van der Waals surface area contributed by atoms with Crippen LogP contribution in [0.4, 0.5) is 4.39 Å². The number of rotatable bonds is 5. The molecule has 1 aromatic carbocycles. The van der Waals surface area contributed by atoms with Crippen LogP contribution >= 0.6 is 0 Å². The van der Waals surface area contributed by atoms with Crippen molar-refractivity contribution in [3.63, 3.8) is 0 Å². The molecule has 5 nitrogen and oxygen atoms in total. The van der Waals surface area contributed by atoms with E-state index in [0.717, 1.165) is 5.56 Å². The van der Waals surface area contributed by atoms with Gasteiger partial charge in [0.1, 0.15) is 0 Å². The van der Waals surface area contributed by atoms with Gasteiger partial charge in [0.2, 0.25) is 0 Å². The predicted molar refractivity (Wildman–Crippen MR) is 65.6 cm³/mol. The number of benzene rings is 1. The molecule has 1 N–H and O–H groups in total. The first-order chi connectivity index (χ1) is 9.08. The summed E-state index contributed by atoms with van der Waals surface area (Å²) in [6, 6.07) is 4.69. The average molecular weight is 264 g/mol. The number of imidazole rings is 1. The summed E-state index contributed by atoms with van der Waals surface area (Å²) in [7, 11) is 1.41. The highest BCUT2D eigenvalue weighted by molar-refractivity contribution is 5.69. The average Bonchev–Trinajstić information content (AvgIpc) is 2.76. The Morgan fingerprint density at radius 3 is 2.95 bits per heavy atom. The summed E-state index contributed by atoms with van der Waals surface area (Å²) in [4.78, 5) is 14.5. The number of hydrogen-bond donors (Lipinski definition) is 1. The fraction of sp³-hybridized carbons (Fsp3) is 0.231. The molecule has 0 aliphatic carbocycles. The molecule has 0 saturated carbocycles. The molecule has 0 aliphatic heterocycles. The first-order valence-corrected chi connectivity index (χ1v) is 5.63. The zero-order valence-corrected chi connectivity index (χ0v) is 10.3. The molecule has 0 atom stereocenters. The monoisotopic (exact) mass is 264 g/mol. The molecule has 0 spiro atoms. The lowest BCUT2D eigenvalue weighted by atomic mass is 10.2. The number of hydrogen-bond acceptors (Lipinski definition) is 3. The molecule has 100 valence electrons. The van der Waals surface area contributed by atoms with Gasteiger partial charge in [0.05, 0.1) is 25.6 Å². The van der Waals surface area contributed by atoms with Gasteiger partial charge in [-0.05, 0) is 17.7 Å². The van der Waals surface area contributed by atoms with Gasteiger partial charge >= 0.3 is 5.97 Å². The van der Waals surface area contributed by atoms with E-state index in [1.807, 2.05) is 0 Å². The largest absolute Gasteiger partial charge is 0.494 e. The lowest BCUT2D eigenvalue weighted by Gasteiger charge is -2.05. The van der Waals surface area contributed by atoms with E-state index in [9.17, 15) is 9.18 Å². The fourth-order valence-electron chi connectivity index (χ4n) is 1.76. The standard InChI is InChI=1S/C13H13FN2O3/c1-19-12-3-2-9(4-11(12)14)6-16-7-10(15-8-16)5-13(17)18/h2-4,7-8H,5-6H2,1H3,(H,17,18). The van der Waals surface area contributed by atoms with E-state index in [-0.39, 0.29) is 12.2 Å². The third kappa shape index (κ3) is 3.31. The van der Waals surface area contributed by atoms with Gasteiger partial charge in [0.15, 0.2) is 11.6 Å². The van der Waals surface area contributed by atoms with Crippen molar-refractivity contribution in [2.24, 2.45) is 0 Å². The van der Waals surface area contributed by atoms with E-state index in [1.54, 1.807) is 22.9 Å². The third-order valence-corrected chi connectivity index (χ3v) is 2.60. The maximum Gasteiger partial charge on any atom is 0.309 e. The Balaban J connectivity index is 2.10. The number of methoxy groups -OCH3 is 1. The van der Waals surface area contributed by atoms with Gasteiger partial charge in [-0.3, -0.25) is 4.79 Å². The van der Waals surface area contributed by atoms with E-state index in [4.69, 9.17) is 9.84 Å². The molecule has 2 rings (SSSR count). The minimum absolute atomic E-state index is 0.121. The molecular formula is C13H13FN2O3. The van der Waals surface area contributed by atoms with Gasteiger partial charge < -0.3 is 14.4 Å². The van der Waals surface area contributed by atoms with Crippen molar-refractivity contribution in [3.05, 3.63) is 47.8 Å². The quantitative estimate of drug-likeness (QED) is 0.892. The summed E-state index contributed by atoms with van der Waals surface area (Å²) in [5, 5.41) is 8.65. The number of aromatic nitrogens is 2. The molecule has 0 saturated heterocycles. The van der Waals surface area contributed by atoms with Crippen molar-refractivity contribution >= 4 is 5.97 Å². The Morgan fingerprint density at radius 1 is 1.53 bits per heavy atom. The van der Waals surface area contributed by atoms with Gasteiger partial charge in [0.25, 0.3) is 0 Å². The van der Waals surface area contributed by atoms with Crippen molar-refractivity contribution in [3.8, 4) is 5.75 Å². The fourth-order valence-corrected chi connectivity index (χ4v) is 1.76. The minimum Gasteiger partial charge on any atom is -0.494 e. The van der Waals surface area contributed by atoms with Crippen LogP contribution in [0.5, 0.6) is 5.75 Å². The van der Waals surface area contributed by atoms with Gasteiger partial charge in [-0.25, -0.2) is 9.37 Å². The number of carbonyl (C=O) groups is 1. The lowest BCUT2D eigenvalue weighted by Crippen LogP contribution is -2.01. The zero-order valence-electron chi connectivity index (χ0n) is 10.3. The van der Waals surface area contributed by atoms with Crippen LogP contribution in [0.2, 0.25) is 0 Å². The Labute approximate surface area is 109 Å². The first-order valence-electron chi connectivity index (χ1n) is 5.63. The van der Waals surface area contributed by atoms with Crippen LogP contribution in [0.15, 0.2) is 30.7 Å². The molecule has 0 radical (unpaired) electrons. The Kier molecular flexibility index (Phi) is 3.79. The molecule has 0 amide bonds. The summed E-state index contributed by atoms with van der Waals surface area (Å²) in [5.41, 5.74) is 1.22. The predicted octanol–water partition coefficient (Wildman–Crippen LogP) is 1.71. The normalized spacial score (nSPS) is 10.4. The first kappa shape index (κ1) is 13.1. The van der Waals surface area contributed by atoms with E-state index in [1.165, 1.54) is 19.5 Å². The molecule has 1 aromatic heterocycles. The summed E-state index contributed by atoms with van der Waals surface area (Å²) < 4.78 is 20.0. The number of carboxylic acids is 1. The topological polar surface area (TPSA) is 64.4 Å².